The van der Waals surface area contributed by atoms with E-state index in [4.69, 9.17) is 4.42 Å². The van der Waals surface area contributed by atoms with E-state index in [1.54, 1.807) is 11.3 Å². The number of aliphatic hydroxyl groups is 1. The first-order valence-electron chi connectivity index (χ1n) is 5.55. The Morgan fingerprint density at radius 1 is 1.44 bits per heavy atom. The summed E-state index contributed by atoms with van der Waals surface area (Å²) in [4.78, 5) is 0. The van der Waals surface area contributed by atoms with Crippen molar-refractivity contribution in [3.63, 3.8) is 0 Å². The van der Waals surface area contributed by atoms with Gasteiger partial charge in [-0.05, 0) is 46.9 Å². The molecular weight excluding hydrogens is 220 g/mol. The average molecular weight is 234 g/mol. The minimum Gasteiger partial charge on any atom is -0.463 e. The van der Waals surface area contributed by atoms with E-state index in [1.165, 1.54) is 6.42 Å². The second-order valence-electron chi connectivity index (χ2n) is 4.52. The molecule has 2 aromatic heterocycles. The summed E-state index contributed by atoms with van der Waals surface area (Å²) in [5, 5.41) is 14.0. The maximum Gasteiger partial charge on any atom is 0.137 e. The Hall–Kier alpha value is -1.06. The molecule has 1 saturated carbocycles. The summed E-state index contributed by atoms with van der Waals surface area (Å²) in [6.07, 6.45) is 0.593. The third-order valence-corrected chi connectivity index (χ3v) is 3.95. The van der Waals surface area contributed by atoms with E-state index < -0.39 is 6.10 Å². The molecule has 0 bridgehead atoms. The van der Waals surface area contributed by atoms with Crippen molar-refractivity contribution in [1.82, 2.24) is 0 Å². The maximum absolute atomic E-state index is 10.1. The zero-order chi connectivity index (χ0) is 11.1. The monoisotopic (exact) mass is 234 g/mol. The van der Waals surface area contributed by atoms with E-state index in [-0.39, 0.29) is 0 Å². The third-order valence-electron chi connectivity index (χ3n) is 3.25. The first-order valence-corrected chi connectivity index (χ1v) is 6.50. The zero-order valence-electron chi connectivity index (χ0n) is 9.09. The van der Waals surface area contributed by atoms with Gasteiger partial charge in [0.1, 0.15) is 17.6 Å². The van der Waals surface area contributed by atoms with Crippen molar-refractivity contribution in [2.75, 3.05) is 0 Å². The fraction of sp³-hybridized carbons (Fsp3) is 0.385. The molecule has 2 heterocycles. The second-order valence-corrected chi connectivity index (χ2v) is 5.30. The van der Waals surface area contributed by atoms with Gasteiger partial charge in [-0.3, -0.25) is 0 Å². The highest BCUT2D eigenvalue weighted by Gasteiger charge is 2.36. The molecule has 0 saturated heterocycles. The molecule has 0 radical (unpaired) electrons. The van der Waals surface area contributed by atoms with E-state index in [9.17, 15) is 5.11 Å². The largest absolute Gasteiger partial charge is 0.463 e. The number of rotatable bonds is 3. The van der Waals surface area contributed by atoms with Crippen molar-refractivity contribution in [1.29, 1.82) is 0 Å². The van der Waals surface area contributed by atoms with Crippen LogP contribution in [0.1, 0.15) is 42.5 Å². The molecule has 0 amide bonds. The molecule has 1 aliphatic carbocycles. The molecule has 84 valence electrons. The summed E-state index contributed by atoms with van der Waals surface area (Å²) >= 11 is 1.59. The minimum absolute atomic E-state index is 0.573. The van der Waals surface area contributed by atoms with E-state index in [0.717, 1.165) is 17.2 Å². The summed E-state index contributed by atoms with van der Waals surface area (Å²) in [6, 6.07) is 5.82. The predicted octanol–water partition coefficient (Wildman–Crippen LogP) is 3.55. The van der Waals surface area contributed by atoms with Crippen molar-refractivity contribution in [3.05, 3.63) is 46.0 Å². The summed E-state index contributed by atoms with van der Waals surface area (Å²) in [6.45, 7) is 2.22. The van der Waals surface area contributed by atoms with Crippen LogP contribution in [0.4, 0.5) is 0 Å². The molecule has 3 heteroatoms. The highest BCUT2D eigenvalue weighted by molar-refractivity contribution is 7.07. The van der Waals surface area contributed by atoms with Gasteiger partial charge in [0.25, 0.3) is 0 Å². The van der Waals surface area contributed by atoms with Gasteiger partial charge in [0.2, 0.25) is 0 Å². The maximum atomic E-state index is 10.1. The van der Waals surface area contributed by atoms with Crippen molar-refractivity contribution >= 4 is 11.3 Å². The zero-order valence-corrected chi connectivity index (χ0v) is 9.91. The van der Waals surface area contributed by atoms with E-state index in [0.29, 0.717) is 11.7 Å². The number of hydrogen-bond acceptors (Lipinski definition) is 3. The van der Waals surface area contributed by atoms with E-state index in [2.05, 4.69) is 6.92 Å². The lowest BCUT2D eigenvalue weighted by Crippen LogP contribution is -1.95. The molecule has 3 rings (SSSR count). The fourth-order valence-corrected chi connectivity index (χ4v) is 2.71. The molecule has 2 nitrogen and oxygen atoms in total. The Kier molecular flexibility index (Phi) is 2.37. The Morgan fingerprint density at radius 3 is 2.88 bits per heavy atom. The van der Waals surface area contributed by atoms with Crippen LogP contribution in [0.5, 0.6) is 0 Å². The highest BCUT2D eigenvalue weighted by Crippen LogP contribution is 2.47. The van der Waals surface area contributed by atoms with E-state index >= 15 is 0 Å². The molecule has 1 N–H and O–H groups in total. The molecule has 2 aromatic rings. The smallest absolute Gasteiger partial charge is 0.137 e. The number of thiophene rings is 1. The number of furan rings is 1. The van der Waals surface area contributed by atoms with Gasteiger partial charge in [0.05, 0.1) is 0 Å². The molecule has 3 unspecified atom stereocenters. The van der Waals surface area contributed by atoms with Crippen LogP contribution >= 0.6 is 11.3 Å². The van der Waals surface area contributed by atoms with Crippen molar-refractivity contribution in [2.24, 2.45) is 5.92 Å². The van der Waals surface area contributed by atoms with Crippen molar-refractivity contribution < 1.29 is 9.52 Å². The molecule has 16 heavy (non-hydrogen) atoms. The molecule has 0 spiro atoms. The SMILES string of the molecule is CC1CC1c1ccc(C(O)c2ccsc2)o1. The molecule has 0 aromatic carbocycles. The van der Waals surface area contributed by atoms with Gasteiger partial charge in [-0.25, -0.2) is 0 Å². The summed E-state index contributed by atoms with van der Waals surface area (Å²) < 4.78 is 5.72. The first kappa shape index (κ1) is 10.1. The van der Waals surface area contributed by atoms with E-state index in [1.807, 2.05) is 29.0 Å². The van der Waals surface area contributed by atoms with Crippen molar-refractivity contribution in [3.8, 4) is 0 Å². The van der Waals surface area contributed by atoms with Crippen LogP contribution in [0, 0.1) is 5.92 Å². The minimum atomic E-state index is -0.617. The van der Waals surface area contributed by atoms with Crippen LogP contribution in [0.2, 0.25) is 0 Å². The van der Waals surface area contributed by atoms with Crippen LogP contribution in [-0.4, -0.2) is 5.11 Å². The Morgan fingerprint density at radius 2 is 2.25 bits per heavy atom. The predicted molar refractivity (Wildman–Crippen MR) is 63.6 cm³/mol. The molecule has 0 aliphatic heterocycles. The molecular formula is C13H14O2S. The van der Waals surface area contributed by atoms with Crippen LogP contribution < -0.4 is 0 Å². The molecule has 1 fully saturated rings. The lowest BCUT2D eigenvalue weighted by Gasteiger charge is -2.04. The van der Waals surface area contributed by atoms with Gasteiger partial charge in [-0.15, -0.1) is 0 Å². The first-order chi connectivity index (χ1) is 7.75. The van der Waals surface area contributed by atoms with Gasteiger partial charge in [-0.1, -0.05) is 6.92 Å². The normalized spacial score (nSPS) is 25.6. The van der Waals surface area contributed by atoms with Crippen molar-refractivity contribution in [2.45, 2.75) is 25.4 Å². The Labute approximate surface area is 98.5 Å². The second kappa shape index (κ2) is 3.75. The van der Waals surface area contributed by atoms with Gasteiger partial charge >= 0.3 is 0 Å². The summed E-state index contributed by atoms with van der Waals surface area (Å²) in [7, 11) is 0. The lowest BCUT2D eigenvalue weighted by molar-refractivity contribution is 0.187. The lowest BCUT2D eigenvalue weighted by atomic mass is 10.1. The summed E-state index contributed by atoms with van der Waals surface area (Å²) in [5.74, 6) is 2.99. The van der Waals surface area contributed by atoms with Gasteiger partial charge in [0, 0.05) is 5.92 Å². The van der Waals surface area contributed by atoms with Crippen LogP contribution in [-0.2, 0) is 0 Å². The van der Waals surface area contributed by atoms with Crippen LogP contribution in [0.25, 0.3) is 0 Å². The number of hydrogen-bond donors (Lipinski definition) is 1. The van der Waals surface area contributed by atoms with Crippen LogP contribution in [0.15, 0.2) is 33.4 Å². The van der Waals surface area contributed by atoms with Crippen LogP contribution in [0.3, 0.4) is 0 Å². The topological polar surface area (TPSA) is 33.4 Å². The third kappa shape index (κ3) is 1.70. The van der Waals surface area contributed by atoms with Gasteiger partial charge < -0.3 is 9.52 Å². The number of aliphatic hydroxyl groups excluding tert-OH is 1. The van der Waals surface area contributed by atoms with Gasteiger partial charge in [0.15, 0.2) is 0 Å². The average Bonchev–Trinajstić information content (AvgIpc) is 2.84. The molecule has 3 atom stereocenters. The standard InChI is InChI=1S/C13H14O2S/c1-8-6-10(8)11-2-3-12(15-11)13(14)9-4-5-16-7-9/h2-5,7-8,10,13-14H,6H2,1H3. The Balaban J connectivity index is 1.82. The molecule has 1 aliphatic rings. The highest BCUT2D eigenvalue weighted by atomic mass is 32.1. The van der Waals surface area contributed by atoms with Gasteiger partial charge in [-0.2, -0.15) is 11.3 Å². The quantitative estimate of drug-likeness (QED) is 0.881. The fourth-order valence-electron chi connectivity index (χ4n) is 2.03. The summed E-state index contributed by atoms with van der Waals surface area (Å²) in [5.41, 5.74) is 0.912. The Bertz CT molecular complexity index is 472.